The molecule has 24 heavy (non-hydrogen) atoms. The predicted molar refractivity (Wildman–Crippen MR) is 92.2 cm³/mol. The fourth-order valence-corrected chi connectivity index (χ4v) is 4.41. The van der Waals surface area contributed by atoms with Crippen LogP contribution in [0.5, 0.6) is 11.5 Å². The molecule has 7 heteroatoms. The monoisotopic (exact) mass is 350 g/mol. The van der Waals surface area contributed by atoms with E-state index in [0.717, 1.165) is 17.9 Å². The molecule has 2 aliphatic heterocycles. The van der Waals surface area contributed by atoms with Gasteiger partial charge < -0.3 is 19.7 Å². The fourth-order valence-electron chi connectivity index (χ4n) is 3.16. The minimum Gasteiger partial charge on any atom is -0.493 e. The highest BCUT2D eigenvalue weighted by atomic mass is 32.2. The number of benzene rings is 1. The molecule has 0 saturated carbocycles. The van der Waals surface area contributed by atoms with Gasteiger partial charge in [0.05, 0.1) is 20.1 Å². The van der Waals surface area contributed by atoms with E-state index in [2.05, 4.69) is 5.32 Å². The Morgan fingerprint density at radius 1 is 1.29 bits per heavy atom. The van der Waals surface area contributed by atoms with Gasteiger partial charge in [0.25, 0.3) is 0 Å². The zero-order chi connectivity index (χ0) is 17.1. The lowest BCUT2D eigenvalue weighted by atomic mass is 9.97. The second-order valence-corrected chi connectivity index (χ2v) is 7.10. The average molecular weight is 350 g/mol. The lowest BCUT2D eigenvalue weighted by Gasteiger charge is -2.30. The quantitative estimate of drug-likeness (QED) is 0.897. The topological polar surface area (TPSA) is 67.9 Å². The Hall–Kier alpha value is -1.89. The van der Waals surface area contributed by atoms with Crippen LogP contribution in [0.4, 0.5) is 0 Å². The molecule has 0 aromatic heterocycles. The van der Waals surface area contributed by atoms with Crippen molar-refractivity contribution >= 4 is 23.6 Å². The van der Waals surface area contributed by atoms with Gasteiger partial charge in [0, 0.05) is 25.3 Å². The van der Waals surface area contributed by atoms with Crippen molar-refractivity contribution in [1.82, 2.24) is 10.2 Å². The molecule has 2 aliphatic rings. The van der Waals surface area contributed by atoms with Gasteiger partial charge in [0.15, 0.2) is 11.5 Å². The molecule has 2 heterocycles. The minimum absolute atomic E-state index is 0.0186. The highest BCUT2D eigenvalue weighted by Crippen LogP contribution is 2.41. The maximum absolute atomic E-state index is 12.9. The van der Waals surface area contributed by atoms with Crippen LogP contribution in [0.1, 0.15) is 23.8 Å². The summed E-state index contributed by atoms with van der Waals surface area (Å²) in [6.45, 7) is 1.17. The third kappa shape index (κ3) is 3.31. The molecule has 0 aliphatic carbocycles. The Morgan fingerprint density at radius 3 is 2.75 bits per heavy atom. The van der Waals surface area contributed by atoms with E-state index in [1.54, 1.807) is 26.0 Å². The molecule has 3 rings (SSSR count). The van der Waals surface area contributed by atoms with Crippen LogP contribution in [0.3, 0.4) is 0 Å². The fraction of sp³-hybridized carbons (Fsp3) is 0.529. The normalized spacial score (nSPS) is 23.8. The molecule has 1 aromatic carbocycles. The number of methoxy groups -OCH3 is 2. The van der Waals surface area contributed by atoms with E-state index in [9.17, 15) is 9.59 Å². The zero-order valence-electron chi connectivity index (χ0n) is 13.9. The zero-order valence-corrected chi connectivity index (χ0v) is 14.7. The Kier molecular flexibility index (Phi) is 5.18. The minimum atomic E-state index is -0.121. The third-order valence-corrected chi connectivity index (χ3v) is 5.74. The van der Waals surface area contributed by atoms with Crippen molar-refractivity contribution in [2.24, 2.45) is 5.92 Å². The Bertz CT molecular complexity index is 627. The number of piperidine rings is 1. The van der Waals surface area contributed by atoms with Crippen molar-refractivity contribution < 1.29 is 19.1 Å². The summed E-state index contributed by atoms with van der Waals surface area (Å²) in [4.78, 5) is 26.1. The molecule has 2 atom stereocenters. The van der Waals surface area contributed by atoms with Crippen molar-refractivity contribution in [2.45, 2.75) is 18.2 Å². The van der Waals surface area contributed by atoms with Gasteiger partial charge >= 0.3 is 0 Å². The summed E-state index contributed by atoms with van der Waals surface area (Å²) in [6, 6.07) is 5.79. The van der Waals surface area contributed by atoms with Crippen LogP contribution in [0.15, 0.2) is 18.2 Å². The summed E-state index contributed by atoms with van der Waals surface area (Å²) in [5.41, 5.74) is 1.03. The predicted octanol–water partition coefficient (Wildman–Crippen LogP) is 1.80. The van der Waals surface area contributed by atoms with E-state index in [4.69, 9.17) is 9.47 Å². The Morgan fingerprint density at radius 2 is 2.08 bits per heavy atom. The first kappa shape index (κ1) is 17.0. The van der Waals surface area contributed by atoms with Gasteiger partial charge in [-0.05, 0) is 24.1 Å². The molecular formula is C17H22N2O4S. The van der Waals surface area contributed by atoms with Crippen molar-refractivity contribution in [3.05, 3.63) is 23.8 Å². The molecule has 6 nitrogen and oxygen atoms in total. The molecule has 0 bridgehead atoms. The van der Waals surface area contributed by atoms with E-state index in [0.29, 0.717) is 30.9 Å². The Labute approximate surface area is 145 Å². The van der Waals surface area contributed by atoms with Crippen LogP contribution in [-0.2, 0) is 9.59 Å². The van der Waals surface area contributed by atoms with Crippen molar-refractivity contribution in [3.63, 3.8) is 0 Å². The van der Waals surface area contributed by atoms with Gasteiger partial charge in [0.1, 0.15) is 5.37 Å². The highest BCUT2D eigenvalue weighted by Gasteiger charge is 2.36. The van der Waals surface area contributed by atoms with Gasteiger partial charge in [-0.15, -0.1) is 11.8 Å². The van der Waals surface area contributed by atoms with Crippen molar-refractivity contribution in [3.8, 4) is 11.5 Å². The maximum Gasteiger partial charge on any atom is 0.228 e. The number of hydrogen-bond acceptors (Lipinski definition) is 5. The second-order valence-electron chi connectivity index (χ2n) is 5.91. The third-order valence-electron chi connectivity index (χ3n) is 4.48. The molecule has 0 radical (unpaired) electrons. The summed E-state index contributed by atoms with van der Waals surface area (Å²) in [7, 11) is 3.21. The lowest BCUT2D eigenvalue weighted by molar-refractivity contribution is -0.137. The number of carbonyl (C=O) groups excluding carboxylic acids is 2. The average Bonchev–Trinajstić information content (AvgIpc) is 3.10. The number of ether oxygens (including phenoxy) is 2. The second kappa shape index (κ2) is 7.34. The number of nitrogens with zero attached hydrogens (tertiary/aromatic N) is 1. The van der Waals surface area contributed by atoms with Crippen LogP contribution in [0, 0.1) is 5.92 Å². The van der Waals surface area contributed by atoms with Crippen LogP contribution < -0.4 is 14.8 Å². The molecule has 2 saturated heterocycles. The summed E-state index contributed by atoms with van der Waals surface area (Å²) >= 11 is 1.75. The van der Waals surface area contributed by atoms with Gasteiger partial charge in [-0.25, -0.2) is 0 Å². The number of amides is 2. The van der Waals surface area contributed by atoms with Crippen LogP contribution in [0.2, 0.25) is 0 Å². The molecule has 2 unspecified atom stereocenters. The smallest absolute Gasteiger partial charge is 0.228 e. The summed E-state index contributed by atoms with van der Waals surface area (Å²) < 4.78 is 10.7. The summed E-state index contributed by atoms with van der Waals surface area (Å²) in [5.74, 6) is 2.29. The SMILES string of the molecule is COc1ccc(C2SCCN2C(=O)C2CCC(=O)NC2)cc1OC. The van der Waals surface area contributed by atoms with E-state index >= 15 is 0 Å². The van der Waals surface area contributed by atoms with Crippen LogP contribution in [-0.4, -0.2) is 49.8 Å². The number of nitrogens with one attached hydrogen (secondary N) is 1. The van der Waals surface area contributed by atoms with E-state index in [-0.39, 0.29) is 23.1 Å². The Balaban J connectivity index is 1.78. The van der Waals surface area contributed by atoms with Gasteiger partial charge in [0.2, 0.25) is 11.8 Å². The van der Waals surface area contributed by atoms with E-state index in [1.807, 2.05) is 23.1 Å². The molecule has 2 fully saturated rings. The van der Waals surface area contributed by atoms with E-state index in [1.165, 1.54) is 0 Å². The maximum atomic E-state index is 12.9. The number of hydrogen-bond donors (Lipinski definition) is 1. The number of thioether (sulfide) groups is 1. The molecule has 130 valence electrons. The standard InChI is InChI=1S/C17H22N2O4S/c1-22-13-5-3-11(9-14(13)23-2)17-19(7-8-24-17)16(21)12-4-6-15(20)18-10-12/h3,5,9,12,17H,4,6-8,10H2,1-2H3,(H,18,20). The molecule has 2 amide bonds. The number of carbonyl (C=O) groups is 2. The molecular weight excluding hydrogens is 328 g/mol. The summed E-state index contributed by atoms with van der Waals surface area (Å²) in [5, 5.41) is 2.78. The van der Waals surface area contributed by atoms with Crippen molar-refractivity contribution in [2.75, 3.05) is 33.1 Å². The lowest BCUT2D eigenvalue weighted by Crippen LogP contribution is -2.44. The van der Waals surface area contributed by atoms with Gasteiger partial charge in [-0.3, -0.25) is 9.59 Å². The van der Waals surface area contributed by atoms with Crippen LogP contribution in [0.25, 0.3) is 0 Å². The van der Waals surface area contributed by atoms with E-state index < -0.39 is 0 Å². The largest absolute Gasteiger partial charge is 0.493 e. The molecule has 1 N–H and O–H groups in total. The van der Waals surface area contributed by atoms with Crippen molar-refractivity contribution in [1.29, 1.82) is 0 Å². The number of rotatable bonds is 4. The highest BCUT2D eigenvalue weighted by molar-refractivity contribution is 7.99. The van der Waals surface area contributed by atoms with Gasteiger partial charge in [-0.2, -0.15) is 0 Å². The first-order valence-electron chi connectivity index (χ1n) is 8.04. The molecule has 0 spiro atoms. The first-order valence-corrected chi connectivity index (χ1v) is 9.09. The summed E-state index contributed by atoms with van der Waals surface area (Å²) in [6.07, 6.45) is 1.06. The van der Waals surface area contributed by atoms with Crippen LogP contribution >= 0.6 is 11.8 Å². The van der Waals surface area contributed by atoms with Gasteiger partial charge in [-0.1, -0.05) is 6.07 Å². The molecule has 1 aromatic rings. The first-order chi connectivity index (χ1) is 11.6.